The van der Waals surface area contributed by atoms with E-state index < -0.39 is 18.0 Å². The van der Waals surface area contributed by atoms with Crippen LogP contribution < -0.4 is 10.4 Å². The molecule has 102 valence electrons. The van der Waals surface area contributed by atoms with Gasteiger partial charge in [-0.2, -0.15) is 0 Å². The molecular weight excluding hydrogens is 246 g/mol. The Labute approximate surface area is 111 Å². The second kappa shape index (κ2) is 7.20. The van der Waals surface area contributed by atoms with Crippen LogP contribution in [0.2, 0.25) is 0 Å². The summed E-state index contributed by atoms with van der Waals surface area (Å²) >= 11 is 0. The zero-order valence-electron chi connectivity index (χ0n) is 10.9. The maximum atomic E-state index is 11.2. The van der Waals surface area contributed by atoms with Crippen LogP contribution in [0.5, 0.6) is 0 Å². The molecule has 1 aromatic carbocycles. The van der Waals surface area contributed by atoms with Crippen molar-refractivity contribution in [3.8, 4) is 0 Å². The van der Waals surface area contributed by atoms with Crippen molar-refractivity contribution in [2.75, 3.05) is 6.61 Å². The normalized spacial score (nSPS) is 12.6. The van der Waals surface area contributed by atoms with E-state index in [1.807, 2.05) is 0 Å². The van der Waals surface area contributed by atoms with E-state index in [0.29, 0.717) is 11.3 Å². The summed E-state index contributed by atoms with van der Waals surface area (Å²) in [5, 5.41) is 13.9. The summed E-state index contributed by atoms with van der Waals surface area (Å²) in [5.41, 5.74) is 0.954. The molecule has 0 saturated carbocycles. The topological polar surface area (TPSA) is 78.5 Å². The number of benzene rings is 1. The number of carboxylic acids is 1. The third-order valence-corrected chi connectivity index (χ3v) is 2.36. The molecule has 0 aliphatic carbocycles. The minimum Gasteiger partial charge on any atom is -0.548 e. The highest BCUT2D eigenvalue weighted by atomic mass is 16.5. The van der Waals surface area contributed by atoms with Crippen molar-refractivity contribution in [1.29, 1.82) is 0 Å². The lowest BCUT2D eigenvalue weighted by Crippen LogP contribution is -2.38. The summed E-state index contributed by atoms with van der Waals surface area (Å²) in [4.78, 5) is 22.4. The van der Waals surface area contributed by atoms with Crippen LogP contribution in [-0.2, 0) is 14.3 Å². The first-order chi connectivity index (χ1) is 9.04. The monoisotopic (exact) mass is 262 g/mol. The second-order valence-electron chi connectivity index (χ2n) is 3.89. The van der Waals surface area contributed by atoms with Crippen LogP contribution >= 0.6 is 0 Å². The third kappa shape index (κ3) is 4.83. The van der Waals surface area contributed by atoms with Gasteiger partial charge in [0, 0.05) is 11.8 Å². The lowest BCUT2D eigenvalue weighted by Gasteiger charge is -2.21. The van der Waals surface area contributed by atoms with Crippen molar-refractivity contribution in [3.63, 3.8) is 0 Å². The van der Waals surface area contributed by atoms with Crippen LogP contribution in [0.15, 0.2) is 42.1 Å². The van der Waals surface area contributed by atoms with Gasteiger partial charge >= 0.3 is 5.97 Å². The van der Waals surface area contributed by atoms with Gasteiger partial charge in [-0.05, 0) is 19.4 Å². The molecule has 1 rings (SSSR count). The molecule has 1 aromatic rings. The molecule has 0 heterocycles. The lowest BCUT2D eigenvalue weighted by molar-refractivity contribution is -0.308. The van der Waals surface area contributed by atoms with E-state index in [9.17, 15) is 14.7 Å². The number of esters is 1. The predicted octanol–water partition coefficient (Wildman–Crippen LogP) is 0.534. The van der Waals surface area contributed by atoms with Crippen LogP contribution in [0, 0.1) is 0 Å². The highest BCUT2D eigenvalue weighted by Gasteiger charge is 2.12. The van der Waals surface area contributed by atoms with Crippen molar-refractivity contribution >= 4 is 11.9 Å². The molecule has 0 aliphatic heterocycles. The van der Waals surface area contributed by atoms with Crippen molar-refractivity contribution in [3.05, 3.63) is 47.7 Å². The summed E-state index contributed by atoms with van der Waals surface area (Å²) in [7, 11) is 0. The second-order valence-corrected chi connectivity index (χ2v) is 3.89. The van der Waals surface area contributed by atoms with Crippen molar-refractivity contribution in [2.45, 2.75) is 19.9 Å². The number of carbonyl (C=O) groups excluding carboxylic acids is 2. The summed E-state index contributed by atoms with van der Waals surface area (Å²) in [5.74, 6) is -1.78. The van der Waals surface area contributed by atoms with E-state index >= 15 is 0 Å². The molecule has 1 N–H and O–H groups in total. The zero-order chi connectivity index (χ0) is 14.3. The Morgan fingerprint density at radius 2 is 2.00 bits per heavy atom. The first-order valence-electron chi connectivity index (χ1n) is 5.92. The molecule has 0 unspecified atom stereocenters. The minimum atomic E-state index is -1.26. The number of nitrogens with one attached hydrogen (secondary N) is 1. The fourth-order valence-corrected chi connectivity index (χ4v) is 1.55. The maximum absolute atomic E-state index is 11.2. The average Bonchev–Trinajstić information content (AvgIpc) is 2.37. The van der Waals surface area contributed by atoms with Gasteiger partial charge in [0.1, 0.15) is 0 Å². The number of carbonyl (C=O) groups is 2. The van der Waals surface area contributed by atoms with Crippen molar-refractivity contribution in [1.82, 2.24) is 5.32 Å². The fourth-order valence-electron chi connectivity index (χ4n) is 1.55. The molecule has 19 heavy (non-hydrogen) atoms. The Morgan fingerprint density at radius 1 is 1.37 bits per heavy atom. The number of hydrogen-bond acceptors (Lipinski definition) is 5. The summed E-state index contributed by atoms with van der Waals surface area (Å²) < 4.78 is 4.74. The highest BCUT2D eigenvalue weighted by molar-refractivity contribution is 5.83. The van der Waals surface area contributed by atoms with E-state index in [4.69, 9.17) is 4.74 Å². The van der Waals surface area contributed by atoms with Gasteiger partial charge in [-0.1, -0.05) is 30.3 Å². The summed E-state index contributed by atoms with van der Waals surface area (Å²) in [6, 6.07) is 7.59. The van der Waals surface area contributed by atoms with Crippen molar-refractivity contribution < 1.29 is 19.4 Å². The Kier molecular flexibility index (Phi) is 5.60. The summed E-state index contributed by atoms with van der Waals surface area (Å²) in [6.45, 7) is 3.56. The van der Waals surface area contributed by atoms with Crippen LogP contribution in [-0.4, -0.2) is 18.5 Å². The molecular formula is C14H16NO4-. The van der Waals surface area contributed by atoms with Gasteiger partial charge in [0.05, 0.1) is 18.6 Å². The molecule has 0 spiro atoms. The van der Waals surface area contributed by atoms with Gasteiger partial charge in [-0.15, -0.1) is 0 Å². The van der Waals surface area contributed by atoms with E-state index in [0.717, 1.165) is 0 Å². The Balaban J connectivity index is 2.81. The smallest absolute Gasteiger partial charge is 0.332 e. The first kappa shape index (κ1) is 14.8. The molecule has 1 atom stereocenters. The number of rotatable bonds is 6. The number of hydrogen-bond donors (Lipinski definition) is 1. The van der Waals surface area contributed by atoms with Crippen LogP contribution in [0.25, 0.3) is 0 Å². The Hall–Kier alpha value is -2.30. The largest absolute Gasteiger partial charge is 0.548 e. The van der Waals surface area contributed by atoms with Crippen LogP contribution in [0.4, 0.5) is 0 Å². The van der Waals surface area contributed by atoms with E-state index in [1.165, 1.54) is 6.08 Å². The lowest BCUT2D eigenvalue weighted by atomic mass is 10.1. The Morgan fingerprint density at radius 3 is 2.53 bits per heavy atom. The van der Waals surface area contributed by atoms with Gasteiger partial charge in [-0.3, -0.25) is 0 Å². The molecule has 0 radical (unpaired) electrons. The first-order valence-corrected chi connectivity index (χ1v) is 5.92. The van der Waals surface area contributed by atoms with Gasteiger partial charge < -0.3 is 20.0 Å². The Bertz CT molecular complexity index is 468. The summed E-state index contributed by atoms with van der Waals surface area (Å²) in [6.07, 6.45) is 1.21. The van der Waals surface area contributed by atoms with Crippen LogP contribution in [0.1, 0.15) is 25.5 Å². The molecule has 5 heteroatoms. The number of ether oxygens (including phenoxy) is 1. The molecule has 0 aromatic heterocycles. The molecule has 0 amide bonds. The van der Waals surface area contributed by atoms with Gasteiger partial charge in [0.25, 0.3) is 0 Å². The zero-order valence-corrected chi connectivity index (χ0v) is 10.9. The minimum absolute atomic E-state index is 0.269. The highest BCUT2D eigenvalue weighted by Crippen LogP contribution is 2.13. The number of carboxylic acid groups (broad SMARTS) is 1. The maximum Gasteiger partial charge on any atom is 0.332 e. The SMILES string of the molecule is CCOC(=O)C=C(C)N[C@@H](C(=O)[O-])c1ccccc1. The molecule has 0 aliphatic rings. The number of allylic oxidation sites excluding steroid dienone is 1. The fraction of sp³-hybridized carbons (Fsp3) is 0.286. The average molecular weight is 262 g/mol. The van der Waals surface area contributed by atoms with Gasteiger partial charge in [0.15, 0.2) is 0 Å². The molecule has 0 fully saturated rings. The quantitative estimate of drug-likeness (QED) is 0.598. The molecule has 5 nitrogen and oxygen atoms in total. The van der Waals surface area contributed by atoms with Gasteiger partial charge in [-0.25, -0.2) is 4.79 Å². The van der Waals surface area contributed by atoms with Gasteiger partial charge in [0.2, 0.25) is 0 Å². The molecule has 0 saturated heterocycles. The van der Waals surface area contributed by atoms with E-state index in [-0.39, 0.29) is 6.61 Å². The molecule has 0 bridgehead atoms. The third-order valence-electron chi connectivity index (χ3n) is 2.36. The van der Waals surface area contributed by atoms with Crippen molar-refractivity contribution in [2.24, 2.45) is 0 Å². The van der Waals surface area contributed by atoms with Crippen LogP contribution in [0.3, 0.4) is 0 Å². The van der Waals surface area contributed by atoms with E-state index in [1.54, 1.807) is 44.2 Å². The predicted molar refractivity (Wildman–Crippen MR) is 67.7 cm³/mol. The van der Waals surface area contributed by atoms with E-state index in [2.05, 4.69) is 5.32 Å². The standard InChI is InChI=1S/C14H17NO4/c1-3-19-12(16)9-10(2)15-13(14(17)18)11-7-5-4-6-8-11/h4-9,13,15H,3H2,1-2H3,(H,17,18)/p-1/t13-/m1/s1. The number of aliphatic carboxylic acids is 1.